The number of aromatic nitrogens is 3. The van der Waals surface area contributed by atoms with Crippen molar-refractivity contribution in [2.24, 2.45) is 7.05 Å². The van der Waals surface area contributed by atoms with Gasteiger partial charge in [-0.2, -0.15) is 5.10 Å². The van der Waals surface area contributed by atoms with Crippen molar-refractivity contribution in [3.63, 3.8) is 0 Å². The quantitative estimate of drug-likeness (QED) is 0.720. The van der Waals surface area contributed by atoms with E-state index in [9.17, 15) is 19.5 Å². The Bertz CT molecular complexity index is 1080. The first-order valence-corrected chi connectivity index (χ1v) is 10.5. The van der Waals surface area contributed by atoms with Crippen LogP contribution in [0.1, 0.15) is 59.1 Å². The van der Waals surface area contributed by atoms with Crippen molar-refractivity contribution >= 4 is 23.3 Å². The van der Waals surface area contributed by atoms with Crippen molar-refractivity contribution < 1.29 is 14.7 Å². The summed E-state index contributed by atoms with van der Waals surface area (Å²) >= 11 is 6.10. The third-order valence-corrected chi connectivity index (χ3v) is 6.11. The van der Waals surface area contributed by atoms with Crippen LogP contribution in [0.25, 0.3) is 0 Å². The van der Waals surface area contributed by atoms with Crippen LogP contribution in [0, 0.1) is 0 Å². The van der Waals surface area contributed by atoms with Gasteiger partial charge in [-0.15, -0.1) is 0 Å². The van der Waals surface area contributed by atoms with E-state index in [0.717, 1.165) is 19.3 Å². The predicted molar refractivity (Wildman–Crippen MR) is 111 cm³/mol. The molecule has 0 aliphatic carbocycles. The van der Waals surface area contributed by atoms with E-state index >= 15 is 0 Å². The van der Waals surface area contributed by atoms with E-state index in [1.54, 1.807) is 22.8 Å². The van der Waals surface area contributed by atoms with E-state index in [1.807, 2.05) is 11.9 Å². The Morgan fingerprint density at radius 1 is 1.30 bits per heavy atom. The fourth-order valence-corrected chi connectivity index (χ4v) is 4.60. The van der Waals surface area contributed by atoms with E-state index in [0.29, 0.717) is 23.8 Å². The highest BCUT2D eigenvalue weighted by Gasteiger charge is 2.40. The lowest BCUT2D eigenvalue weighted by atomic mass is 10.0. The maximum absolute atomic E-state index is 13.0. The van der Waals surface area contributed by atoms with Crippen LogP contribution in [0.5, 0.6) is 5.75 Å². The monoisotopic (exact) mass is 433 g/mol. The zero-order valence-corrected chi connectivity index (χ0v) is 17.7. The Kier molecular flexibility index (Phi) is 5.31. The molecule has 10 heteroatoms. The lowest BCUT2D eigenvalue weighted by Gasteiger charge is -2.48. The summed E-state index contributed by atoms with van der Waals surface area (Å²) in [7, 11) is 1.73. The SMILES string of the molecule is CCN1C(=O)c2c(O)c(=O)c(C(=O)CCc3nn(C)cc3Cl)cn2N2CCCC[C@@H]12. The number of carbonyl (C=O) groups is 2. The average Bonchev–Trinajstić information content (AvgIpc) is 3.05. The molecular formula is C20H24ClN5O4. The normalized spacial score (nSPS) is 18.4. The van der Waals surface area contributed by atoms with Crippen LogP contribution in [0.4, 0.5) is 0 Å². The Hall–Kier alpha value is -2.81. The van der Waals surface area contributed by atoms with Crippen LogP contribution in [0.2, 0.25) is 5.02 Å². The minimum Gasteiger partial charge on any atom is -0.502 e. The number of piperidine rings is 1. The number of hydrogen-bond acceptors (Lipinski definition) is 6. The van der Waals surface area contributed by atoms with Crippen molar-refractivity contribution in [1.29, 1.82) is 0 Å². The molecule has 0 spiro atoms. The summed E-state index contributed by atoms with van der Waals surface area (Å²) in [6.45, 7) is 3.01. The second-order valence-corrected chi connectivity index (χ2v) is 8.07. The fraction of sp³-hybridized carbons (Fsp3) is 0.500. The molecule has 1 atom stereocenters. The van der Waals surface area contributed by atoms with Gasteiger partial charge in [-0.1, -0.05) is 11.6 Å². The highest BCUT2D eigenvalue weighted by molar-refractivity contribution is 6.31. The topological polar surface area (TPSA) is 101 Å². The molecule has 4 heterocycles. The van der Waals surface area contributed by atoms with Gasteiger partial charge in [0.2, 0.25) is 5.43 Å². The standard InChI is InChI=1S/C20H24ClN5O4/c1-3-24-16-6-4-5-9-25(16)26-10-12(18(28)19(29)17(26)20(24)30)15(27)8-7-14-13(21)11-23(2)22-14/h10-11,16,29H,3-9H2,1-2H3/t16-/m0/s1. The number of aryl methyl sites for hydroxylation is 2. The number of carbonyl (C=O) groups excluding carboxylic acids is 2. The first-order chi connectivity index (χ1) is 14.3. The van der Waals surface area contributed by atoms with Crippen molar-refractivity contribution in [3.05, 3.63) is 44.6 Å². The number of nitrogens with zero attached hydrogens (tertiary/aromatic N) is 5. The van der Waals surface area contributed by atoms with Gasteiger partial charge in [-0.25, -0.2) is 0 Å². The molecule has 0 radical (unpaired) electrons. The molecule has 0 aromatic carbocycles. The van der Waals surface area contributed by atoms with Gasteiger partial charge in [0.05, 0.1) is 16.3 Å². The van der Waals surface area contributed by atoms with Crippen LogP contribution < -0.4 is 10.4 Å². The smallest absolute Gasteiger partial charge is 0.278 e. The lowest BCUT2D eigenvalue weighted by Crippen LogP contribution is -2.63. The molecule has 160 valence electrons. The van der Waals surface area contributed by atoms with Crippen LogP contribution in [-0.2, 0) is 13.5 Å². The van der Waals surface area contributed by atoms with Gasteiger partial charge < -0.3 is 10.0 Å². The number of Topliss-reactive ketones (excluding diaryl/α,β-unsaturated/α-hetero) is 1. The van der Waals surface area contributed by atoms with Gasteiger partial charge in [-0.05, 0) is 26.2 Å². The maximum Gasteiger partial charge on any atom is 0.278 e. The van der Waals surface area contributed by atoms with Gasteiger partial charge in [0.15, 0.2) is 17.2 Å². The molecule has 2 aliphatic rings. The number of hydrogen-bond donors (Lipinski definition) is 1. The molecular weight excluding hydrogens is 410 g/mol. The molecule has 0 saturated carbocycles. The largest absolute Gasteiger partial charge is 0.502 e. The Labute approximate surface area is 178 Å². The van der Waals surface area contributed by atoms with Gasteiger partial charge >= 0.3 is 0 Å². The van der Waals surface area contributed by atoms with Crippen molar-refractivity contribution in [3.8, 4) is 5.75 Å². The minimum atomic E-state index is -0.821. The second kappa shape index (κ2) is 7.79. The summed E-state index contributed by atoms with van der Waals surface area (Å²) in [5.74, 6) is -1.50. The Morgan fingerprint density at radius 3 is 2.73 bits per heavy atom. The van der Waals surface area contributed by atoms with Crippen molar-refractivity contribution in [2.75, 3.05) is 18.1 Å². The summed E-state index contributed by atoms with van der Waals surface area (Å²) in [6.07, 6.45) is 5.90. The summed E-state index contributed by atoms with van der Waals surface area (Å²) in [5.41, 5.74) is -0.465. The Morgan fingerprint density at radius 2 is 2.07 bits per heavy atom. The molecule has 0 unspecified atom stereocenters. The summed E-state index contributed by atoms with van der Waals surface area (Å²) < 4.78 is 3.07. The number of fused-ring (bicyclic) bond motifs is 3. The van der Waals surface area contributed by atoms with E-state index in [2.05, 4.69) is 5.10 Å². The second-order valence-electron chi connectivity index (χ2n) is 7.66. The molecule has 9 nitrogen and oxygen atoms in total. The van der Waals surface area contributed by atoms with E-state index < -0.39 is 22.9 Å². The number of halogens is 1. The molecule has 1 fully saturated rings. The molecule has 2 aromatic rings. The van der Waals surface area contributed by atoms with Gasteiger partial charge in [0, 0.05) is 45.4 Å². The van der Waals surface area contributed by atoms with Crippen LogP contribution in [0.3, 0.4) is 0 Å². The summed E-state index contributed by atoms with van der Waals surface area (Å²) in [6, 6.07) is 0. The molecule has 1 saturated heterocycles. The summed E-state index contributed by atoms with van der Waals surface area (Å²) in [4.78, 5) is 40.2. The molecule has 2 aromatic heterocycles. The third kappa shape index (κ3) is 3.27. The number of rotatable bonds is 5. The van der Waals surface area contributed by atoms with E-state index in [4.69, 9.17) is 11.6 Å². The predicted octanol–water partition coefficient (Wildman–Crippen LogP) is 1.68. The van der Waals surface area contributed by atoms with Crippen LogP contribution in [0.15, 0.2) is 17.2 Å². The van der Waals surface area contributed by atoms with Crippen LogP contribution >= 0.6 is 11.6 Å². The van der Waals surface area contributed by atoms with E-state index in [-0.39, 0.29) is 30.3 Å². The lowest BCUT2D eigenvalue weighted by molar-refractivity contribution is 0.0534. The van der Waals surface area contributed by atoms with Gasteiger partial charge in [0.25, 0.3) is 5.91 Å². The number of pyridine rings is 1. The third-order valence-electron chi connectivity index (χ3n) is 5.79. The molecule has 30 heavy (non-hydrogen) atoms. The van der Waals surface area contributed by atoms with Gasteiger partial charge in [-0.3, -0.25) is 28.8 Å². The van der Waals surface area contributed by atoms with Crippen LogP contribution in [-0.4, -0.2) is 55.4 Å². The van der Waals surface area contributed by atoms with Crippen molar-refractivity contribution in [1.82, 2.24) is 19.4 Å². The molecule has 2 aliphatic heterocycles. The van der Waals surface area contributed by atoms with Crippen molar-refractivity contribution in [2.45, 2.75) is 45.2 Å². The van der Waals surface area contributed by atoms with E-state index in [1.165, 1.54) is 10.9 Å². The Balaban J connectivity index is 1.70. The molecule has 1 N–H and O–H groups in total. The molecule has 4 rings (SSSR count). The number of aromatic hydroxyl groups is 1. The first kappa shape index (κ1) is 20.5. The highest BCUT2D eigenvalue weighted by atomic mass is 35.5. The maximum atomic E-state index is 13.0. The zero-order chi connectivity index (χ0) is 21.6. The first-order valence-electron chi connectivity index (χ1n) is 10.1. The van der Waals surface area contributed by atoms with Gasteiger partial charge in [0.1, 0.15) is 6.17 Å². The number of amides is 1. The molecule has 1 amide bonds. The minimum absolute atomic E-state index is 0.0171. The zero-order valence-electron chi connectivity index (χ0n) is 17.0. The number of ketones is 1. The highest BCUT2D eigenvalue weighted by Crippen LogP contribution is 2.29. The fourth-order valence-electron chi connectivity index (χ4n) is 4.32. The molecule has 0 bridgehead atoms. The average molecular weight is 434 g/mol. The summed E-state index contributed by atoms with van der Waals surface area (Å²) in [5, 5.41) is 17.2.